The number of rotatable bonds is 22. The molecule has 0 aromatic heterocycles. The first-order valence-corrected chi connectivity index (χ1v) is 28.9. The SMILES string of the molecule is CN[C@@H](C)C(=O)N[C@H](C(=O)N1CC(F)(F)C[C@H]1CN(CCc1ccccc1)C(=O)c1ccc2cc(C(=O)N(CCc3ccccc3)C[C@H]3CC(F)(F)CN3C(=O)[C@@H](NC(=O)[C@H](C)NC)C3CCCCC3)ccc2c1)C1CCCCC1. The fourth-order valence-electron chi connectivity index (χ4n) is 12.3. The van der Waals surface area contributed by atoms with Crippen LogP contribution in [-0.4, -0.2) is 157 Å². The summed E-state index contributed by atoms with van der Waals surface area (Å²) in [6.45, 7) is 1.61. The predicted octanol–water partition coefficient (Wildman–Crippen LogP) is 8.03. The maximum absolute atomic E-state index is 15.7. The van der Waals surface area contributed by atoms with Gasteiger partial charge in [-0.1, -0.05) is 111 Å². The van der Waals surface area contributed by atoms with Crippen molar-refractivity contribution in [1.29, 1.82) is 0 Å². The van der Waals surface area contributed by atoms with E-state index < -0.39 is 109 Å². The van der Waals surface area contributed by atoms with Crippen LogP contribution in [0.15, 0.2) is 97.1 Å². The van der Waals surface area contributed by atoms with Crippen LogP contribution in [0, 0.1) is 11.8 Å². The quantitative estimate of drug-likeness (QED) is 0.0576. The summed E-state index contributed by atoms with van der Waals surface area (Å²) in [4.78, 5) is 90.8. The summed E-state index contributed by atoms with van der Waals surface area (Å²) in [5, 5.41) is 12.8. The lowest BCUT2D eigenvalue weighted by Gasteiger charge is -2.36. The molecule has 18 heteroatoms. The number of hydrogen-bond acceptors (Lipinski definition) is 8. The third-order valence-corrected chi connectivity index (χ3v) is 17.1. The molecule has 0 unspecified atom stereocenters. The molecule has 4 fully saturated rings. The summed E-state index contributed by atoms with van der Waals surface area (Å²) in [6, 6.07) is 23.6. The number of likely N-dealkylation sites (tertiary alicyclic amines) is 2. The Labute approximate surface area is 468 Å². The molecule has 8 rings (SSSR count). The van der Waals surface area contributed by atoms with Gasteiger partial charge in [-0.3, -0.25) is 28.8 Å². The van der Waals surface area contributed by atoms with Crippen molar-refractivity contribution < 1.29 is 46.3 Å². The molecular formula is C62H80F4N8O6. The molecule has 432 valence electrons. The number of hydrogen-bond donors (Lipinski definition) is 4. The van der Waals surface area contributed by atoms with Gasteiger partial charge in [-0.05, 0) is 124 Å². The summed E-state index contributed by atoms with van der Waals surface area (Å²) in [6.07, 6.45) is 7.61. The van der Waals surface area contributed by atoms with E-state index >= 15 is 17.6 Å². The highest BCUT2D eigenvalue weighted by molar-refractivity contribution is 6.02. The van der Waals surface area contributed by atoms with Crippen LogP contribution in [0.25, 0.3) is 10.8 Å². The van der Waals surface area contributed by atoms with Gasteiger partial charge in [-0.15, -0.1) is 0 Å². The molecule has 80 heavy (non-hydrogen) atoms. The topological polar surface area (TPSA) is 163 Å². The number of carbonyl (C=O) groups is 6. The summed E-state index contributed by atoms with van der Waals surface area (Å²) in [5.74, 6) is -9.73. The van der Waals surface area contributed by atoms with Gasteiger partial charge in [-0.25, -0.2) is 17.6 Å². The van der Waals surface area contributed by atoms with Crippen LogP contribution in [0.4, 0.5) is 17.6 Å². The van der Waals surface area contributed by atoms with E-state index in [1.807, 2.05) is 60.7 Å². The third kappa shape index (κ3) is 15.1. The van der Waals surface area contributed by atoms with Crippen LogP contribution >= 0.6 is 0 Å². The van der Waals surface area contributed by atoms with Crippen LogP contribution in [0.1, 0.15) is 123 Å². The highest BCUT2D eigenvalue weighted by Crippen LogP contribution is 2.38. The van der Waals surface area contributed by atoms with Gasteiger partial charge >= 0.3 is 0 Å². The minimum atomic E-state index is -3.23. The lowest BCUT2D eigenvalue weighted by atomic mass is 9.83. The second-order valence-electron chi connectivity index (χ2n) is 22.9. The smallest absolute Gasteiger partial charge is 0.267 e. The van der Waals surface area contributed by atoms with Gasteiger partial charge in [-0.2, -0.15) is 0 Å². The molecule has 6 atom stereocenters. The molecule has 0 spiro atoms. The average molecular weight is 1110 g/mol. The van der Waals surface area contributed by atoms with Gasteiger partial charge in [0.1, 0.15) is 12.1 Å². The van der Waals surface area contributed by atoms with Crippen molar-refractivity contribution >= 4 is 46.2 Å². The zero-order valence-electron chi connectivity index (χ0n) is 46.7. The standard InChI is InChI=1S/C62H80F4N8O6/c1-41(67-3)55(75)69-53(45-21-13-7-14-22-45)59(79)73-39-61(63,64)35-51(73)37-71(31-29-43-17-9-5-10-18-43)57(77)49-27-25-48-34-50(28-26-47(48)33-49)58(78)72(32-30-44-19-11-6-12-20-44)38-52-36-62(65,66)40-74(52)60(80)54(46-23-15-8-16-24-46)70-56(76)42(2)68-4/h5-6,9-12,17-20,25-28,33-34,41-42,45-46,51-54,67-68H,7-8,13-16,21-24,29-32,35-40H2,1-4H3,(H,69,75)(H,70,76)/t41-,42-,51-,52+,53-,54-/m0/s1. The lowest BCUT2D eigenvalue weighted by Crippen LogP contribution is -2.57. The Balaban J connectivity index is 1.05. The van der Waals surface area contributed by atoms with E-state index in [2.05, 4.69) is 21.3 Å². The van der Waals surface area contributed by atoms with Gasteiger partial charge in [0, 0.05) is 50.1 Å². The Kier molecular flexibility index (Phi) is 20.1. The van der Waals surface area contributed by atoms with Gasteiger partial charge in [0.15, 0.2) is 0 Å². The molecule has 4 aliphatic rings. The number of carbonyl (C=O) groups excluding carboxylic acids is 6. The van der Waals surface area contributed by atoms with Crippen LogP contribution in [0.2, 0.25) is 0 Å². The van der Waals surface area contributed by atoms with Gasteiger partial charge in [0.25, 0.3) is 23.7 Å². The average Bonchev–Trinajstić information content (AvgIpc) is 3.97. The van der Waals surface area contributed by atoms with Crippen molar-refractivity contribution in [3.05, 3.63) is 119 Å². The molecule has 14 nitrogen and oxygen atoms in total. The lowest BCUT2D eigenvalue weighted by molar-refractivity contribution is -0.140. The van der Waals surface area contributed by atoms with E-state index in [4.69, 9.17) is 0 Å². The van der Waals surface area contributed by atoms with Crippen molar-refractivity contribution in [2.45, 2.75) is 152 Å². The molecular weight excluding hydrogens is 1030 g/mol. The van der Waals surface area contributed by atoms with E-state index in [1.54, 1.807) is 64.3 Å². The molecule has 2 aliphatic heterocycles. The van der Waals surface area contributed by atoms with E-state index in [0.29, 0.717) is 49.3 Å². The summed E-state index contributed by atoms with van der Waals surface area (Å²) < 4.78 is 62.7. The number of likely N-dealkylation sites (N-methyl/N-ethyl adjacent to an activating group) is 2. The number of fused-ring (bicyclic) bond motifs is 1. The van der Waals surface area contributed by atoms with Gasteiger partial charge < -0.3 is 40.9 Å². The molecule has 4 aromatic rings. The summed E-state index contributed by atoms with van der Waals surface area (Å²) in [7, 11) is 3.26. The fraction of sp³-hybridized carbons (Fsp3) is 0.548. The molecule has 2 saturated carbocycles. The van der Waals surface area contributed by atoms with Crippen LogP contribution in [0.3, 0.4) is 0 Å². The predicted molar refractivity (Wildman–Crippen MR) is 300 cm³/mol. The highest BCUT2D eigenvalue weighted by atomic mass is 19.3. The van der Waals surface area contributed by atoms with E-state index in [-0.39, 0.29) is 49.1 Å². The van der Waals surface area contributed by atoms with Crippen molar-refractivity contribution in [1.82, 2.24) is 40.9 Å². The number of nitrogens with zero attached hydrogens (tertiary/aromatic N) is 4. The van der Waals surface area contributed by atoms with Crippen molar-refractivity contribution in [3.8, 4) is 0 Å². The number of alkyl halides is 4. The molecule has 2 heterocycles. The normalized spacial score (nSPS) is 20.9. The number of halogens is 4. The Morgan fingerprint density at radius 2 is 0.900 bits per heavy atom. The monoisotopic (exact) mass is 1110 g/mol. The fourth-order valence-corrected chi connectivity index (χ4v) is 12.3. The number of amides is 6. The zero-order chi connectivity index (χ0) is 57.1. The Hall–Kier alpha value is -6.40. The summed E-state index contributed by atoms with van der Waals surface area (Å²) in [5.41, 5.74) is 2.38. The number of nitrogens with one attached hydrogen (secondary N) is 4. The maximum Gasteiger partial charge on any atom is 0.267 e. The van der Waals surface area contributed by atoms with Crippen LogP contribution in [-0.2, 0) is 32.0 Å². The van der Waals surface area contributed by atoms with E-state index in [0.717, 1.165) is 49.7 Å². The first-order valence-electron chi connectivity index (χ1n) is 28.9. The number of benzene rings is 4. The first-order chi connectivity index (χ1) is 38.3. The van der Waals surface area contributed by atoms with Crippen molar-refractivity contribution in [2.24, 2.45) is 11.8 Å². The van der Waals surface area contributed by atoms with Crippen molar-refractivity contribution in [2.75, 3.05) is 53.4 Å². The molecule has 0 radical (unpaired) electrons. The zero-order valence-corrected chi connectivity index (χ0v) is 46.7. The Morgan fingerprint density at radius 3 is 1.25 bits per heavy atom. The third-order valence-electron chi connectivity index (χ3n) is 17.1. The van der Waals surface area contributed by atoms with Crippen molar-refractivity contribution in [3.63, 3.8) is 0 Å². The highest BCUT2D eigenvalue weighted by Gasteiger charge is 2.52. The Morgan fingerprint density at radius 1 is 0.537 bits per heavy atom. The minimum Gasteiger partial charge on any atom is -0.343 e. The Bertz CT molecular complexity index is 2590. The van der Waals surface area contributed by atoms with Crippen LogP contribution < -0.4 is 21.3 Å². The van der Waals surface area contributed by atoms with Gasteiger partial charge in [0.05, 0.1) is 37.3 Å². The second kappa shape index (κ2) is 26.9. The molecule has 6 amide bonds. The molecule has 2 saturated heterocycles. The second-order valence-corrected chi connectivity index (χ2v) is 22.9. The molecule has 4 N–H and O–H groups in total. The van der Waals surface area contributed by atoms with Crippen LogP contribution in [0.5, 0.6) is 0 Å². The first kappa shape index (κ1) is 59.7. The summed E-state index contributed by atoms with van der Waals surface area (Å²) >= 11 is 0. The largest absolute Gasteiger partial charge is 0.343 e. The maximum atomic E-state index is 15.7. The van der Waals surface area contributed by atoms with E-state index in [1.165, 1.54) is 19.6 Å². The molecule has 0 bridgehead atoms. The minimum absolute atomic E-state index is 0.154. The van der Waals surface area contributed by atoms with Gasteiger partial charge in [0.2, 0.25) is 23.6 Å². The molecule has 2 aliphatic carbocycles. The van der Waals surface area contributed by atoms with E-state index in [9.17, 15) is 28.8 Å². The molecule has 4 aromatic carbocycles.